The summed E-state index contributed by atoms with van der Waals surface area (Å²) in [5, 5.41) is 0. The van der Waals surface area contributed by atoms with Crippen molar-refractivity contribution in [1.29, 1.82) is 0 Å². The lowest BCUT2D eigenvalue weighted by Gasteiger charge is -1.62. The second-order valence-corrected chi connectivity index (χ2v) is 1.32. The molecule has 0 aliphatic rings. The van der Waals surface area contributed by atoms with Gasteiger partial charge in [0, 0.05) is 0 Å². The molecule has 0 spiro atoms. The number of hydrogen-bond acceptors (Lipinski definition) is 2. The van der Waals surface area contributed by atoms with Crippen LogP contribution in [-0.4, -0.2) is 5.65 Å². The van der Waals surface area contributed by atoms with Gasteiger partial charge in [-0.1, -0.05) is 0 Å². The number of hydrogen-bond donors (Lipinski definition) is 1. The van der Waals surface area contributed by atoms with E-state index in [1.165, 1.54) is 0 Å². The fraction of sp³-hybridized carbons (Fsp3) is 0. The highest BCUT2D eigenvalue weighted by atomic mass is 31.1. The average Bonchev–Trinajstić information content (AvgIpc) is 1.38. The number of carbonyl (C=O) groups is 1. The van der Waals surface area contributed by atoms with Crippen LogP contribution in [0.15, 0.2) is 0 Å². The Balaban J connectivity index is 3.20. The smallest absolute Gasteiger partial charge is 0.270 e. The van der Waals surface area contributed by atoms with Gasteiger partial charge >= 0.3 is 0 Å². The van der Waals surface area contributed by atoms with Crippen LogP contribution in [0.4, 0.5) is 4.79 Å². The quantitative estimate of drug-likeness (QED) is 0.457. The molecule has 1 atom stereocenters. The lowest BCUT2D eigenvalue weighted by atomic mass is 11.5. The lowest BCUT2D eigenvalue weighted by molar-refractivity contribution is 0.266. The summed E-state index contributed by atoms with van der Waals surface area (Å²) in [5.74, 6) is 0. The highest BCUT2D eigenvalue weighted by Crippen LogP contribution is 1.84. The number of carbonyl (C=O) groups excluding carboxylic acids is 1. The van der Waals surface area contributed by atoms with Crippen molar-refractivity contribution in [1.82, 2.24) is 0 Å². The molecule has 0 saturated heterocycles. The molecule has 0 heterocycles. The topological polar surface area (TPSA) is 60.2 Å². The zero-order valence-corrected chi connectivity index (χ0v) is 3.63. The molecule has 0 aromatic carbocycles. The lowest BCUT2D eigenvalue weighted by Crippen LogP contribution is -1.95. The average molecular weight is 93.0 g/mol. The molecule has 0 aliphatic carbocycles. The van der Waals surface area contributed by atoms with E-state index in [0.717, 1.165) is 0 Å². The van der Waals surface area contributed by atoms with Gasteiger partial charge in [-0.2, -0.15) is 0 Å². The molecule has 4 heteroatoms. The predicted molar refractivity (Wildman–Crippen MR) is 20.0 cm³/mol. The molecule has 0 aliphatic heterocycles. The van der Waals surface area contributed by atoms with E-state index in [9.17, 15) is 9.36 Å². The van der Waals surface area contributed by atoms with Gasteiger partial charge < -0.3 is 10.3 Å². The minimum Gasteiger partial charge on any atom is -0.364 e. The van der Waals surface area contributed by atoms with Gasteiger partial charge in [-0.25, -0.2) is 0 Å². The van der Waals surface area contributed by atoms with Crippen molar-refractivity contribution in [2.45, 2.75) is 0 Å². The fourth-order valence-corrected chi connectivity index (χ4v) is 0. The van der Waals surface area contributed by atoms with Crippen LogP contribution >= 0.6 is 8.46 Å². The van der Waals surface area contributed by atoms with Crippen LogP contribution in [0, 0.1) is 0 Å². The molecule has 0 aromatic heterocycles. The van der Waals surface area contributed by atoms with Crippen LogP contribution in [0.2, 0.25) is 0 Å². The van der Waals surface area contributed by atoms with Crippen molar-refractivity contribution in [3.63, 3.8) is 0 Å². The third kappa shape index (κ3) is 3.70. The fourth-order valence-electron chi connectivity index (χ4n) is 0. The highest BCUT2D eigenvalue weighted by molar-refractivity contribution is 7.45. The molecule has 0 rings (SSSR count). The van der Waals surface area contributed by atoms with Crippen molar-refractivity contribution in [3.05, 3.63) is 0 Å². The molecular formula is CH4NO2P. The zero-order chi connectivity index (χ0) is 4.28. The Morgan fingerprint density at radius 2 is 2.00 bits per heavy atom. The SMILES string of the molecule is NC(=O)[PH2]=O. The van der Waals surface area contributed by atoms with Crippen LogP contribution in [0.3, 0.4) is 0 Å². The van der Waals surface area contributed by atoms with E-state index in [-0.39, 0.29) is 0 Å². The maximum Gasteiger partial charge on any atom is 0.270 e. The van der Waals surface area contributed by atoms with Gasteiger partial charge in [0.15, 0.2) is 0 Å². The first-order valence-electron chi connectivity index (χ1n) is 1.02. The number of primary amides is 1. The predicted octanol–water partition coefficient (Wildman–Crippen LogP) is -0.179. The van der Waals surface area contributed by atoms with Gasteiger partial charge in [0.1, 0.15) is 8.46 Å². The Kier molecular flexibility index (Phi) is 1.85. The minimum absolute atomic E-state index is 0.718. The van der Waals surface area contributed by atoms with E-state index in [0.29, 0.717) is 0 Å². The monoisotopic (exact) mass is 93.0 g/mol. The van der Waals surface area contributed by atoms with Crippen molar-refractivity contribution >= 4 is 14.1 Å². The van der Waals surface area contributed by atoms with Gasteiger partial charge in [-0.05, 0) is 0 Å². The Hall–Kier alpha value is -0.300. The van der Waals surface area contributed by atoms with Crippen molar-refractivity contribution < 1.29 is 9.36 Å². The maximum atomic E-state index is 9.31. The largest absolute Gasteiger partial charge is 0.364 e. The molecule has 0 bridgehead atoms. The molecule has 0 saturated carbocycles. The van der Waals surface area contributed by atoms with Crippen LogP contribution < -0.4 is 5.73 Å². The number of nitrogens with two attached hydrogens (primary N) is 1. The normalized spacial score (nSPS) is 9.60. The molecule has 1 amide bonds. The summed E-state index contributed by atoms with van der Waals surface area (Å²) in [5.41, 5.74) is 3.66. The summed E-state index contributed by atoms with van der Waals surface area (Å²) >= 11 is 0. The standard InChI is InChI=1S/CH4NO2P/c2-1(3)5-4/h5H2,(H2,2,3). The van der Waals surface area contributed by atoms with Gasteiger partial charge in [-0.3, -0.25) is 4.79 Å². The molecule has 1 unspecified atom stereocenters. The first-order valence-corrected chi connectivity index (χ1v) is 2.07. The number of amides is 1. The zero-order valence-electron chi connectivity index (χ0n) is 2.47. The first-order chi connectivity index (χ1) is 2.27. The molecule has 30 valence electrons. The van der Waals surface area contributed by atoms with E-state index in [2.05, 4.69) is 5.73 Å². The Labute approximate surface area is 30.4 Å². The minimum atomic E-state index is -1.38. The molecule has 0 aromatic rings. The van der Waals surface area contributed by atoms with Crippen molar-refractivity contribution in [2.24, 2.45) is 5.73 Å². The third-order valence-electron chi connectivity index (χ3n) is 0.116. The molecule has 3 nitrogen and oxygen atoms in total. The molecular weight excluding hydrogens is 89.0 g/mol. The molecule has 0 radical (unpaired) electrons. The van der Waals surface area contributed by atoms with E-state index < -0.39 is 14.1 Å². The van der Waals surface area contributed by atoms with Crippen molar-refractivity contribution in [2.75, 3.05) is 0 Å². The van der Waals surface area contributed by atoms with E-state index in [1.807, 2.05) is 0 Å². The summed E-state index contributed by atoms with van der Waals surface area (Å²) in [6, 6.07) is 0. The van der Waals surface area contributed by atoms with E-state index in [1.54, 1.807) is 0 Å². The Morgan fingerprint density at radius 3 is 2.00 bits per heavy atom. The van der Waals surface area contributed by atoms with Gasteiger partial charge in [0.25, 0.3) is 5.65 Å². The Bertz CT molecular complexity index is 60.7. The van der Waals surface area contributed by atoms with Crippen LogP contribution in [-0.2, 0) is 4.57 Å². The van der Waals surface area contributed by atoms with E-state index in [4.69, 9.17) is 0 Å². The Morgan fingerprint density at radius 1 is 1.80 bits per heavy atom. The molecule has 2 N–H and O–H groups in total. The summed E-state index contributed by atoms with van der Waals surface area (Å²) in [4.78, 5) is 9.31. The van der Waals surface area contributed by atoms with Gasteiger partial charge in [0.05, 0.1) is 0 Å². The van der Waals surface area contributed by atoms with Crippen LogP contribution in [0.5, 0.6) is 0 Å². The second-order valence-electron chi connectivity index (χ2n) is 0.520. The molecule has 5 heavy (non-hydrogen) atoms. The highest BCUT2D eigenvalue weighted by Gasteiger charge is 1.74. The summed E-state index contributed by atoms with van der Waals surface area (Å²) in [6.45, 7) is 0. The van der Waals surface area contributed by atoms with Crippen molar-refractivity contribution in [3.8, 4) is 0 Å². The first kappa shape index (κ1) is 4.70. The second kappa shape index (κ2) is 1.97. The molecule has 0 fully saturated rings. The summed E-state index contributed by atoms with van der Waals surface area (Å²) < 4.78 is 9.24. The van der Waals surface area contributed by atoms with Crippen LogP contribution in [0.1, 0.15) is 0 Å². The van der Waals surface area contributed by atoms with Gasteiger partial charge in [0.2, 0.25) is 0 Å². The van der Waals surface area contributed by atoms with Crippen LogP contribution in [0.25, 0.3) is 0 Å². The van der Waals surface area contributed by atoms with Gasteiger partial charge in [-0.15, -0.1) is 0 Å². The maximum absolute atomic E-state index is 9.31. The summed E-state index contributed by atoms with van der Waals surface area (Å²) in [6.07, 6.45) is 0. The summed E-state index contributed by atoms with van der Waals surface area (Å²) in [7, 11) is -1.38. The number of rotatable bonds is 1. The van der Waals surface area contributed by atoms with E-state index >= 15 is 0 Å². The third-order valence-corrected chi connectivity index (χ3v) is 0.348.